The van der Waals surface area contributed by atoms with E-state index in [9.17, 15) is 4.79 Å². The first-order chi connectivity index (χ1) is 14.3. The summed E-state index contributed by atoms with van der Waals surface area (Å²) in [5.74, 6) is 2.41. The second kappa shape index (κ2) is 7.19. The number of hydrogen-bond acceptors (Lipinski definition) is 8. The fourth-order valence-corrected chi connectivity index (χ4v) is 2.91. The number of aromatic nitrogens is 2. The van der Waals surface area contributed by atoms with E-state index in [2.05, 4.69) is 15.6 Å². The number of nitrogens with zero attached hydrogens (tertiary/aromatic N) is 2. The van der Waals surface area contributed by atoms with Gasteiger partial charge in [0.15, 0.2) is 28.7 Å². The molecule has 0 spiro atoms. The molecule has 9 nitrogen and oxygen atoms in total. The Morgan fingerprint density at radius 2 is 1.79 bits per heavy atom. The third-order valence-electron chi connectivity index (χ3n) is 4.32. The molecule has 0 aliphatic carbocycles. The number of benzene rings is 1. The van der Waals surface area contributed by atoms with E-state index in [1.54, 1.807) is 18.2 Å². The van der Waals surface area contributed by atoms with E-state index in [1.807, 2.05) is 18.2 Å². The Morgan fingerprint density at radius 1 is 0.931 bits per heavy atom. The highest BCUT2D eigenvalue weighted by Crippen LogP contribution is 2.34. The summed E-state index contributed by atoms with van der Waals surface area (Å²) in [5.41, 5.74) is 1.52. The van der Waals surface area contributed by atoms with Gasteiger partial charge >= 0.3 is 0 Å². The quantitative estimate of drug-likeness (QED) is 0.550. The molecule has 3 aromatic heterocycles. The average molecular weight is 393 g/mol. The number of fused-ring (bicyclic) bond motifs is 1. The van der Waals surface area contributed by atoms with Gasteiger partial charge in [-0.15, -0.1) is 0 Å². The minimum absolute atomic E-state index is 0.145. The van der Waals surface area contributed by atoms with E-state index in [4.69, 9.17) is 22.9 Å². The number of rotatable bonds is 5. The van der Waals surface area contributed by atoms with Crippen molar-refractivity contribution in [1.82, 2.24) is 15.6 Å². The first kappa shape index (κ1) is 17.1. The van der Waals surface area contributed by atoms with Gasteiger partial charge < -0.3 is 28.3 Å². The van der Waals surface area contributed by atoms with Crippen molar-refractivity contribution in [3.8, 4) is 34.3 Å². The normalized spacial score (nSPS) is 12.7. The lowest BCUT2D eigenvalue weighted by molar-refractivity contribution is 0.0941. The van der Waals surface area contributed by atoms with Crippen LogP contribution in [0.25, 0.3) is 22.8 Å². The van der Waals surface area contributed by atoms with E-state index < -0.39 is 5.91 Å². The molecular formula is C20H15N3O6. The van der Waals surface area contributed by atoms with Gasteiger partial charge in [-0.1, -0.05) is 10.3 Å². The zero-order chi connectivity index (χ0) is 19.6. The largest absolute Gasteiger partial charge is 0.486 e. The van der Waals surface area contributed by atoms with E-state index in [1.165, 1.54) is 12.3 Å². The summed E-state index contributed by atoms with van der Waals surface area (Å²) in [4.78, 5) is 12.3. The van der Waals surface area contributed by atoms with Crippen LogP contribution in [0.15, 0.2) is 62.2 Å². The highest BCUT2D eigenvalue weighted by atomic mass is 16.6. The number of amides is 1. The Hall–Kier alpha value is -4.01. The van der Waals surface area contributed by atoms with Crippen LogP contribution in [0.5, 0.6) is 11.5 Å². The molecule has 29 heavy (non-hydrogen) atoms. The molecule has 4 heterocycles. The number of carbonyl (C=O) groups excluding carboxylic acids is 1. The molecule has 146 valence electrons. The average Bonchev–Trinajstić information content (AvgIpc) is 3.52. The first-order valence-corrected chi connectivity index (χ1v) is 8.91. The van der Waals surface area contributed by atoms with E-state index in [0.717, 1.165) is 5.56 Å². The standard InChI is InChI=1S/C20H15N3O6/c24-20(14-10-19(29-23-14)15-2-1-5-25-15)21-11-13-9-17(28-22-13)12-3-4-16-18(8-12)27-7-6-26-16/h1-5,8-10H,6-7,11H2,(H,21,24). The summed E-state index contributed by atoms with van der Waals surface area (Å²) in [5, 5.41) is 10.5. The zero-order valence-corrected chi connectivity index (χ0v) is 15.1. The lowest BCUT2D eigenvalue weighted by Crippen LogP contribution is -2.23. The number of furan rings is 1. The lowest BCUT2D eigenvalue weighted by Gasteiger charge is -2.18. The van der Waals surface area contributed by atoms with Crippen LogP contribution in [-0.2, 0) is 6.54 Å². The van der Waals surface area contributed by atoms with Crippen LogP contribution in [0.4, 0.5) is 0 Å². The summed E-state index contributed by atoms with van der Waals surface area (Å²) in [6.07, 6.45) is 1.52. The molecule has 0 fully saturated rings. The molecule has 0 radical (unpaired) electrons. The minimum Gasteiger partial charge on any atom is -0.486 e. The summed E-state index contributed by atoms with van der Waals surface area (Å²) < 4.78 is 26.8. The third-order valence-corrected chi connectivity index (χ3v) is 4.32. The number of nitrogens with one attached hydrogen (secondary N) is 1. The van der Waals surface area contributed by atoms with Crippen molar-refractivity contribution in [2.45, 2.75) is 6.54 Å². The summed E-state index contributed by atoms with van der Waals surface area (Å²) in [7, 11) is 0. The van der Waals surface area contributed by atoms with E-state index in [-0.39, 0.29) is 12.2 Å². The van der Waals surface area contributed by atoms with Gasteiger partial charge in [0.25, 0.3) is 5.91 Å². The highest BCUT2D eigenvalue weighted by Gasteiger charge is 2.17. The van der Waals surface area contributed by atoms with Crippen molar-refractivity contribution < 1.29 is 27.7 Å². The Bertz CT molecular complexity index is 1140. The molecule has 0 atom stereocenters. The van der Waals surface area contributed by atoms with Gasteiger partial charge in [-0.05, 0) is 30.3 Å². The zero-order valence-electron chi connectivity index (χ0n) is 15.1. The van der Waals surface area contributed by atoms with Gasteiger partial charge in [-0.2, -0.15) is 0 Å². The van der Waals surface area contributed by atoms with Crippen molar-refractivity contribution >= 4 is 5.91 Å². The van der Waals surface area contributed by atoms with Crippen LogP contribution in [0, 0.1) is 0 Å². The SMILES string of the molecule is O=C(NCc1cc(-c2ccc3c(c2)OCCO3)on1)c1cc(-c2ccco2)on1. The minimum atomic E-state index is -0.393. The molecule has 9 heteroatoms. The predicted octanol–water partition coefficient (Wildman–Crippen LogP) is 3.29. The molecule has 0 unspecified atom stereocenters. The first-order valence-electron chi connectivity index (χ1n) is 8.91. The van der Waals surface area contributed by atoms with Crippen molar-refractivity contribution in [3.63, 3.8) is 0 Å². The van der Waals surface area contributed by atoms with Crippen LogP contribution in [0.3, 0.4) is 0 Å². The van der Waals surface area contributed by atoms with Crippen molar-refractivity contribution in [1.29, 1.82) is 0 Å². The van der Waals surface area contributed by atoms with E-state index in [0.29, 0.717) is 47.7 Å². The van der Waals surface area contributed by atoms with Gasteiger partial charge in [0.05, 0.1) is 12.8 Å². The monoisotopic (exact) mass is 393 g/mol. The van der Waals surface area contributed by atoms with Crippen molar-refractivity contribution in [2.75, 3.05) is 13.2 Å². The predicted molar refractivity (Wildman–Crippen MR) is 98.3 cm³/mol. The molecule has 0 saturated carbocycles. The van der Waals surface area contributed by atoms with Crippen LogP contribution >= 0.6 is 0 Å². The fourth-order valence-electron chi connectivity index (χ4n) is 2.91. The maximum absolute atomic E-state index is 12.3. The smallest absolute Gasteiger partial charge is 0.273 e. The van der Waals surface area contributed by atoms with Gasteiger partial charge in [0, 0.05) is 17.7 Å². The Kier molecular flexibility index (Phi) is 4.24. The summed E-state index contributed by atoms with van der Waals surface area (Å²) >= 11 is 0. The Balaban J connectivity index is 1.24. The van der Waals surface area contributed by atoms with E-state index >= 15 is 0 Å². The number of carbonyl (C=O) groups is 1. The lowest BCUT2D eigenvalue weighted by atomic mass is 10.1. The van der Waals surface area contributed by atoms with Crippen LogP contribution in [0.1, 0.15) is 16.2 Å². The topological polar surface area (TPSA) is 113 Å². The van der Waals surface area contributed by atoms with Gasteiger partial charge in [0.2, 0.25) is 5.76 Å². The van der Waals surface area contributed by atoms with Gasteiger partial charge in [-0.3, -0.25) is 4.79 Å². The van der Waals surface area contributed by atoms with Gasteiger partial charge in [0.1, 0.15) is 18.9 Å². The van der Waals surface area contributed by atoms with Gasteiger partial charge in [-0.25, -0.2) is 0 Å². The molecule has 1 amide bonds. The maximum Gasteiger partial charge on any atom is 0.273 e. The molecular weight excluding hydrogens is 378 g/mol. The van der Waals surface area contributed by atoms with Crippen LogP contribution < -0.4 is 14.8 Å². The molecule has 5 rings (SSSR count). The fraction of sp³-hybridized carbons (Fsp3) is 0.150. The second-order valence-electron chi connectivity index (χ2n) is 6.28. The second-order valence-corrected chi connectivity index (χ2v) is 6.28. The molecule has 1 aromatic carbocycles. The van der Waals surface area contributed by atoms with Crippen molar-refractivity contribution in [3.05, 3.63) is 60.1 Å². The van der Waals surface area contributed by atoms with Crippen LogP contribution in [-0.4, -0.2) is 29.4 Å². The van der Waals surface area contributed by atoms with Crippen LogP contribution in [0.2, 0.25) is 0 Å². The van der Waals surface area contributed by atoms with Crippen molar-refractivity contribution in [2.24, 2.45) is 0 Å². The maximum atomic E-state index is 12.3. The Labute approximate surface area is 164 Å². The molecule has 1 N–H and O–H groups in total. The highest BCUT2D eigenvalue weighted by molar-refractivity contribution is 5.92. The third kappa shape index (κ3) is 3.45. The molecule has 0 bridgehead atoms. The summed E-state index contributed by atoms with van der Waals surface area (Å²) in [6.45, 7) is 1.22. The molecule has 0 saturated heterocycles. The molecule has 4 aromatic rings. The Morgan fingerprint density at radius 3 is 2.66 bits per heavy atom. The number of hydrogen-bond donors (Lipinski definition) is 1. The number of ether oxygens (including phenoxy) is 2. The molecule has 1 aliphatic rings. The summed E-state index contributed by atoms with van der Waals surface area (Å²) in [6, 6.07) is 12.2. The molecule has 1 aliphatic heterocycles.